The minimum atomic E-state index is 0.636. The van der Waals surface area contributed by atoms with E-state index in [0.29, 0.717) is 11.8 Å². The first-order valence-corrected chi connectivity index (χ1v) is 7.87. The second kappa shape index (κ2) is 5.61. The largest absolute Gasteiger partial charge is 0.497 e. The molecule has 0 bridgehead atoms. The van der Waals surface area contributed by atoms with E-state index in [0.717, 1.165) is 16.1 Å². The van der Waals surface area contributed by atoms with Gasteiger partial charge in [-0.3, -0.25) is 0 Å². The lowest BCUT2D eigenvalue weighted by Gasteiger charge is -2.44. The van der Waals surface area contributed by atoms with E-state index in [1.54, 1.807) is 7.11 Å². The summed E-state index contributed by atoms with van der Waals surface area (Å²) >= 11 is 3.51. The Morgan fingerprint density at radius 2 is 1.55 bits per heavy atom. The highest BCUT2D eigenvalue weighted by Crippen LogP contribution is 2.53. The number of hydrogen-bond acceptors (Lipinski definition) is 1. The van der Waals surface area contributed by atoms with Crippen LogP contribution >= 0.6 is 15.9 Å². The predicted molar refractivity (Wildman–Crippen MR) is 86.4 cm³/mol. The molecule has 0 aliphatic heterocycles. The maximum Gasteiger partial charge on any atom is 0.118 e. The molecule has 104 valence electrons. The Bertz CT molecular complexity index is 573. The van der Waals surface area contributed by atoms with E-state index in [1.165, 1.54) is 17.5 Å². The van der Waals surface area contributed by atoms with E-state index in [9.17, 15) is 0 Å². The molecule has 3 unspecified atom stereocenters. The maximum absolute atomic E-state index is 5.24. The number of hydrogen-bond donors (Lipinski definition) is 0. The number of benzene rings is 2. The van der Waals surface area contributed by atoms with Gasteiger partial charge in [-0.25, -0.2) is 0 Å². The van der Waals surface area contributed by atoms with E-state index in [-0.39, 0.29) is 0 Å². The highest BCUT2D eigenvalue weighted by Gasteiger charge is 2.39. The SMILES string of the molecule is COc1ccc(C2CC(C)C2c2ccc(Br)cc2)cc1. The van der Waals surface area contributed by atoms with Crippen LogP contribution in [-0.4, -0.2) is 7.11 Å². The van der Waals surface area contributed by atoms with Crippen LogP contribution in [0.3, 0.4) is 0 Å². The Balaban J connectivity index is 1.84. The van der Waals surface area contributed by atoms with Crippen LogP contribution in [-0.2, 0) is 0 Å². The van der Waals surface area contributed by atoms with Gasteiger partial charge in [-0.1, -0.05) is 47.1 Å². The summed E-state index contributed by atoms with van der Waals surface area (Å²) in [7, 11) is 1.71. The molecular weight excluding hydrogens is 312 g/mol. The van der Waals surface area contributed by atoms with Crippen LogP contribution in [0.1, 0.15) is 36.3 Å². The lowest BCUT2D eigenvalue weighted by molar-refractivity contribution is 0.227. The van der Waals surface area contributed by atoms with Crippen LogP contribution in [0.15, 0.2) is 53.0 Å². The zero-order valence-electron chi connectivity index (χ0n) is 11.8. The third-order valence-corrected chi connectivity index (χ3v) is 5.00. The fourth-order valence-electron chi connectivity index (χ4n) is 3.33. The van der Waals surface area contributed by atoms with Gasteiger partial charge in [-0.15, -0.1) is 0 Å². The summed E-state index contributed by atoms with van der Waals surface area (Å²) in [6, 6.07) is 17.3. The third kappa shape index (κ3) is 2.49. The number of ether oxygens (including phenoxy) is 1. The van der Waals surface area contributed by atoms with Crippen molar-refractivity contribution < 1.29 is 4.74 Å². The summed E-state index contributed by atoms with van der Waals surface area (Å²) < 4.78 is 6.39. The van der Waals surface area contributed by atoms with Gasteiger partial charge in [0.05, 0.1) is 7.11 Å². The van der Waals surface area contributed by atoms with Gasteiger partial charge < -0.3 is 4.74 Å². The Labute approximate surface area is 129 Å². The lowest BCUT2D eigenvalue weighted by Crippen LogP contribution is -2.30. The van der Waals surface area contributed by atoms with Crippen LogP contribution in [0, 0.1) is 5.92 Å². The van der Waals surface area contributed by atoms with Crippen LogP contribution in [0.5, 0.6) is 5.75 Å². The summed E-state index contributed by atoms with van der Waals surface area (Å²) in [6.07, 6.45) is 1.27. The molecule has 1 aliphatic rings. The summed E-state index contributed by atoms with van der Waals surface area (Å²) in [5, 5.41) is 0. The average Bonchev–Trinajstić information content (AvgIpc) is 2.47. The molecule has 0 N–H and O–H groups in total. The Morgan fingerprint density at radius 1 is 0.950 bits per heavy atom. The first kappa shape index (κ1) is 13.7. The van der Waals surface area contributed by atoms with Gasteiger partial charge in [0.1, 0.15) is 5.75 Å². The Hall–Kier alpha value is -1.28. The molecule has 2 aromatic rings. The zero-order valence-corrected chi connectivity index (χ0v) is 13.4. The zero-order chi connectivity index (χ0) is 14.1. The van der Waals surface area contributed by atoms with E-state index < -0.39 is 0 Å². The van der Waals surface area contributed by atoms with Crippen molar-refractivity contribution in [2.45, 2.75) is 25.2 Å². The highest BCUT2D eigenvalue weighted by molar-refractivity contribution is 9.10. The number of methoxy groups -OCH3 is 1. The van der Waals surface area contributed by atoms with Crippen molar-refractivity contribution in [3.8, 4) is 5.75 Å². The minimum absolute atomic E-state index is 0.636. The van der Waals surface area contributed by atoms with E-state index >= 15 is 0 Å². The monoisotopic (exact) mass is 330 g/mol. The van der Waals surface area contributed by atoms with Gasteiger partial charge >= 0.3 is 0 Å². The molecule has 20 heavy (non-hydrogen) atoms. The van der Waals surface area contributed by atoms with Crippen molar-refractivity contribution in [3.05, 3.63) is 64.1 Å². The summed E-state index contributed by atoms with van der Waals surface area (Å²) in [6.45, 7) is 2.35. The molecule has 1 saturated carbocycles. The van der Waals surface area contributed by atoms with Crippen LogP contribution < -0.4 is 4.74 Å². The molecule has 2 aromatic carbocycles. The van der Waals surface area contributed by atoms with Gasteiger partial charge in [0, 0.05) is 4.47 Å². The molecule has 2 heteroatoms. The maximum atomic E-state index is 5.24. The molecule has 1 fully saturated rings. The van der Waals surface area contributed by atoms with E-state index in [4.69, 9.17) is 4.74 Å². The molecule has 0 aromatic heterocycles. The second-order valence-electron chi connectivity index (χ2n) is 5.67. The van der Waals surface area contributed by atoms with Gasteiger partial charge in [-0.05, 0) is 59.6 Å². The normalized spacial score (nSPS) is 25.1. The molecule has 3 atom stereocenters. The van der Waals surface area contributed by atoms with E-state index in [1.807, 2.05) is 0 Å². The highest BCUT2D eigenvalue weighted by atomic mass is 79.9. The molecule has 0 saturated heterocycles. The van der Waals surface area contributed by atoms with Crippen molar-refractivity contribution >= 4 is 15.9 Å². The third-order valence-electron chi connectivity index (χ3n) is 4.47. The second-order valence-corrected chi connectivity index (χ2v) is 6.59. The minimum Gasteiger partial charge on any atom is -0.497 e. The van der Waals surface area contributed by atoms with Crippen LogP contribution in [0.4, 0.5) is 0 Å². The molecule has 0 amide bonds. The first-order chi connectivity index (χ1) is 9.69. The van der Waals surface area contributed by atoms with Gasteiger partial charge in [0.2, 0.25) is 0 Å². The fourth-order valence-corrected chi connectivity index (χ4v) is 3.60. The van der Waals surface area contributed by atoms with Gasteiger partial charge in [0.15, 0.2) is 0 Å². The summed E-state index contributed by atoms with van der Waals surface area (Å²) in [5.74, 6) is 2.96. The smallest absolute Gasteiger partial charge is 0.118 e. The predicted octanol–water partition coefficient (Wildman–Crippen LogP) is 5.36. The van der Waals surface area contributed by atoms with Gasteiger partial charge in [0.25, 0.3) is 0 Å². The standard InChI is InChI=1S/C18H19BrO/c1-12-11-17(13-5-9-16(20-2)10-6-13)18(12)14-3-7-15(19)8-4-14/h3-10,12,17-18H,11H2,1-2H3. The molecular formula is C18H19BrO. The molecule has 0 spiro atoms. The quantitative estimate of drug-likeness (QED) is 0.735. The first-order valence-electron chi connectivity index (χ1n) is 7.08. The van der Waals surface area contributed by atoms with E-state index in [2.05, 4.69) is 71.4 Å². The molecule has 0 heterocycles. The Morgan fingerprint density at radius 3 is 2.10 bits per heavy atom. The van der Waals surface area contributed by atoms with Crippen molar-refractivity contribution in [2.24, 2.45) is 5.92 Å². The van der Waals surface area contributed by atoms with Crippen LogP contribution in [0.2, 0.25) is 0 Å². The van der Waals surface area contributed by atoms with Crippen molar-refractivity contribution in [1.29, 1.82) is 0 Å². The molecule has 1 aliphatic carbocycles. The lowest BCUT2D eigenvalue weighted by atomic mass is 9.60. The van der Waals surface area contributed by atoms with Crippen molar-refractivity contribution in [1.82, 2.24) is 0 Å². The van der Waals surface area contributed by atoms with Crippen molar-refractivity contribution in [2.75, 3.05) is 7.11 Å². The number of halogens is 1. The average molecular weight is 331 g/mol. The summed E-state index contributed by atoms with van der Waals surface area (Å²) in [5.41, 5.74) is 2.88. The van der Waals surface area contributed by atoms with Crippen LogP contribution in [0.25, 0.3) is 0 Å². The molecule has 3 rings (SSSR count). The summed E-state index contributed by atoms with van der Waals surface area (Å²) in [4.78, 5) is 0. The van der Waals surface area contributed by atoms with Gasteiger partial charge in [-0.2, -0.15) is 0 Å². The number of rotatable bonds is 3. The fraction of sp³-hybridized carbons (Fsp3) is 0.333. The Kier molecular flexibility index (Phi) is 3.84. The van der Waals surface area contributed by atoms with Crippen molar-refractivity contribution in [3.63, 3.8) is 0 Å². The molecule has 1 nitrogen and oxygen atoms in total. The molecule has 0 radical (unpaired) electrons. The topological polar surface area (TPSA) is 9.23 Å².